The summed E-state index contributed by atoms with van der Waals surface area (Å²) in [5.74, 6) is 1.26. The number of para-hydroxylation sites is 2. The fourth-order valence-corrected chi connectivity index (χ4v) is 4.05. The normalized spacial score (nSPS) is 17.9. The van der Waals surface area contributed by atoms with Crippen LogP contribution in [0.4, 0.5) is 5.88 Å². The fraction of sp³-hybridized carbons (Fsp3) is 0.320. The van der Waals surface area contributed by atoms with Crippen LogP contribution >= 0.6 is 0 Å². The molecule has 0 aliphatic carbocycles. The molecule has 1 atom stereocenters. The summed E-state index contributed by atoms with van der Waals surface area (Å²) in [5.41, 5.74) is 2.75. The molecule has 1 N–H and O–H groups in total. The number of aromatic nitrogens is 1. The van der Waals surface area contributed by atoms with Crippen molar-refractivity contribution in [2.75, 3.05) is 44.6 Å². The summed E-state index contributed by atoms with van der Waals surface area (Å²) in [6, 6.07) is 17.0. The summed E-state index contributed by atoms with van der Waals surface area (Å²) in [4.78, 5) is 29.1. The molecule has 2 amide bonds. The van der Waals surface area contributed by atoms with E-state index in [1.54, 1.807) is 17.0 Å². The highest BCUT2D eigenvalue weighted by Crippen LogP contribution is 2.31. The first-order valence-corrected chi connectivity index (χ1v) is 11.3. The van der Waals surface area contributed by atoms with Crippen molar-refractivity contribution in [1.29, 1.82) is 0 Å². The number of ether oxygens (including phenoxy) is 2. The molecule has 0 saturated carbocycles. The second kappa shape index (κ2) is 9.56. The molecule has 9 heteroatoms. The van der Waals surface area contributed by atoms with E-state index in [1.165, 1.54) is 0 Å². The van der Waals surface area contributed by atoms with Gasteiger partial charge in [0.25, 0.3) is 5.91 Å². The Balaban J connectivity index is 1.09. The van der Waals surface area contributed by atoms with Crippen LogP contribution in [0.3, 0.4) is 0 Å². The van der Waals surface area contributed by atoms with Crippen molar-refractivity contribution in [2.24, 2.45) is 0 Å². The van der Waals surface area contributed by atoms with Crippen molar-refractivity contribution >= 4 is 17.7 Å². The van der Waals surface area contributed by atoms with Crippen LogP contribution in [0.5, 0.6) is 11.5 Å². The molecule has 3 heterocycles. The minimum Gasteiger partial charge on any atom is -0.485 e. The van der Waals surface area contributed by atoms with Crippen molar-refractivity contribution < 1.29 is 23.6 Å². The largest absolute Gasteiger partial charge is 0.485 e. The molecule has 2 aliphatic heterocycles. The summed E-state index contributed by atoms with van der Waals surface area (Å²) < 4.78 is 16.8. The molecule has 1 aromatic heterocycles. The quantitative estimate of drug-likeness (QED) is 0.622. The van der Waals surface area contributed by atoms with E-state index in [9.17, 15) is 9.59 Å². The number of benzene rings is 2. The average molecular weight is 463 g/mol. The summed E-state index contributed by atoms with van der Waals surface area (Å²) in [7, 11) is 0. The van der Waals surface area contributed by atoms with Crippen molar-refractivity contribution in [1.82, 2.24) is 15.0 Å². The van der Waals surface area contributed by atoms with Gasteiger partial charge in [0.15, 0.2) is 11.5 Å². The highest BCUT2D eigenvalue weighted by molar-refractivity contribution is 5.91. The van der Waals surface area contributed by atoms with Crippen LogP contribution in [-0.2, 0) is 9.59 Å². The highest BCUT2D eigenvalue weighted by atomic mass is 16.6. The number of hydrogen-bond donors (Lipinski definition) is 1. The molecule has 34 heavy (non-hydrogen) atoms. The lowest BCUT2D eigenvalue weighted by Crippen LogP contribution is -2.54. The average Bonchev–Trinajstić information content (AvgIpc) is 3.32. The zero-order chi connectivity index (χ0) is 23.5. The number of rotatable bonds is 5. The number of piperazine rings is 1. The first kappa shape index (κ1) is 22.0. The Morgan fingerprint density at radius 2 is 1.76 bits per heavy atom. The molecule has 2 aliphatic rings. The number of carbonyl (C=O) groups excluding carboxylic acids is 2. The van der Waals surface area contributed by atoms with Gasteiger partial charge in [-0.15, -0.1) is 0 Å². The zero-order valence-electron chi connectivity index (χ0n) is 18.9. The smallest absolute Gasteiger partial charge is 0.267 e. The van der Waals surface area contributed by atoms with Gasteiger partial charge >= 0.3 is 0 Å². The van der Waals surface area contributed by atoms with E-state index in [4.69, 9.17) is 14.0 Å². The molecule has 9 nitrogen and oxygen atoms in total. The monoisotopic (exact) mass is 462 g/mol. The molecule has 0 radical (unpaired) electrons. The van der Waals surface area contributed by atoms with E-state index >= 15 is 0 Å². The van der Waals surface area contributed by atoms with Crippen molar-refractivity contribution in [3.63, 3.8) is 0 Å². The number of anilines is 1. The Morgan fingerprint density at radius 1 is 1.03 bits per heavy atom. The second-order valence-corrected chi connectivity index (χ2v) is 8.46. The summed E-state index contributed by atoms with van der Waals surface area (Å²) >= 11 is 0. The van der Waals surface area contributed by atoms with Gasteiger partial charge in [0.05, 0.1) is 6.54 Å². The van der Waals surface area contributed by atoms with Crippen molar-refractivity contribution in [2.45, 2.75) is 13.0 Å². The van der Waals surface area contributed by atoms with Crippen LogP contribution in [0.1, 0.15) is 5.56 Å². The van der Waals surface area contributed by atoms with E-state index < -0.39 is 6.10 Å². The number of fused-ring (bicyclic) bond motifs is 1. The molecule has 3 aromatic rings. The molecule has 2 aromatic carbocycles. The lowest BCUT2D eigenvalue weighted by atomic mass is 10.1. The van der Waals surface area contributed by atoms with Gasteiger partial charge in [0, 0.05) is 37.8 Å². The van der Waals surface area contributed by atoms with Crippen LogP contribution in [0.25, 0.3) is 11.3 Å². The van der Waals surface area contributed by atoms with Gasteiger partial charge in [-0.1, -0.05) is 47.1 Å². The summed E-state index contributed by atoms with van der Waals surface area (Å²) in [6.45, 7) is 4.65. The topological polar surface area (TPSA) is 97.1 Å². The van der Waals surface area contributed by atoms with Crippen LogP contribution in [0.2, 0.25) is 0 Å². The molecule has 0 bridgehead atoms. The highest BCUT2D eigenvalue weighted by Gasteiger charge is 2.33. The summed E-state index contributed by atoms with van der Waals surface area (Å²) in [5, 5.41) is 6.79. The van der Waals surface area contributed by atoms with Gasteiger partial charge in [-0.2, -0.15) is 0 Å². The second-order valence-electron chi connectivity index (χ2n) is 8.46. The predicted molar refractivity (Wildman–Crippen MR) is 125 cm³/mol. The molecule has 1 fully saturated rings. The van der Waals surface area contributed by atoms with Gasteiger partial charge in [-0.05, 0) is 19.1 Å². The van der Waals surface area contributed by atoms with Gasteiger partial charge in [0.1, 0.15) is 12.3 Å². The fourth-order valence-electron chi connectivity index (χ4n) is 4.05. The number of aryl methyl sites for hydroxylation is 1. The lowest BCUT2D eigenvalue weighted by molar-refractivity contribution is -0.143. The Morgan fingerprint density at radius 3 is 2.53 bits per heavy atom. The first-order valence-electron chi connectivity index (χ1n) is 11.3. The van der Waals surface area contributed by atoms with Crippen molar-refractivity contribution in [3.05, 3.63) is 60.2 Å². The number of nitrogens with one attached hydrogen (secondary N) is 1. The van der Waals surface area contributed by atoms with Crippen LogP contribution in [0, 0.1) is 6.92 Å². The Labute approximate surface area is 197 Å². The van der Waals surface area contributed by atoms with E-state index in [1.807, 2.05) is 54.3 Å². The van der Waals surface area contributed by atoms with Gasteiger partial charge in [0.2, 0.25) is 17.9 Å². The standard InChI is InChI=1S/C25H26N4O5/c1-17-6-8-18(9-7-17)19-14-24(34-27-19)26-23(30)15-28-10-12-29(13-11-28)25(31)22-16-32-20-4-2-3-5-21(20)33-22/h2-9,14,22H,10-13,15-16H2,1H3,(H,26,30)/t22-/m1/s1. The number of carbonyl (C=O) groups is 2. The van der Waals surface area contributed by atoms with Crippen molar-refractivity contribution in [3.8, 4) is 22.8 Å². The van der Waals surface area contributed by atoms with E-state index in [0.29, 0.717) is 49.3 Å². The number of amides is 2. The van der Waals surface area contributed by atoms with Gasteiger partial charge < -0.3 is 18.9 Å². The third kappa shape index (κ3) is 4.89. The third-order valence-electron chi connectivity index (χ3n) is 5.96. The molecule has 5 rings (SSSR count). The van der Waals surface area contributed by atoms with E-state index in [-0.39, 0.29) is 25.0 Å². The minimum atomic E-state index is -0.654. The van der Waals surface area contributed by atoms with Crippen LogP contribution in [-0.4, -0.2) is 72.2 Å². The lowest BCUT2D eigenvalue weighted by Gasteiger charge is -2.36. The third-order valence-corrected chi connectivity index (χ3v) is 5.96. The van der Waals surface area contributed by atoms with Gasteiger partial charge in [-0.3, -0.25) is 19.8 Å². The van der Waals surface area contributed by atoms with Crippen LogP contribution < -0.4 is 14.8 Å². The molecular weight excluding hydrogens is 436 g/mol. The maximum Gasteiger partial charge on any atom is 0.267 e. The Bertz CT molecular complexity index is 1170. The first-order chi connectivity index (χ1) is 16.5. The molecule has 1 saturated heterocycles. The van der Waals surface area contributed by atoms with E-state index in [2.05, 4.69) is 10.5 Å². The summed E-state index contributed by atoms with van der Waals surface area (Å²) in [6.07, 6.45) is -0.654. The maximum absolute atomic E-state index is 12.9. The number of nitrogens with zero attached hydrogens (tertiary/aromatic N) is 3. The predicted octanol–water partition coefficient (Wildman–Crippen LogP) is 2.57. The Hall–Kier alpha value is -3.85. The minimum absolute atomic E-state index is 0.0936. The SMILES string of the molecule is Cc1ccc(-c2cc(NC(=O)CN3CCN(C(=O)[C@H]4COc5ccccc5O4)CC3)on2)cc1. The molecule has 0 unspecified atom stereocenters. The van der Waals surface area contributed by atoms with Crippen LogP contribution in [0.15, 0.2) is 59.1 Å². The zero-order valence-corrected chi connectivity index (χ0v) is 18.9. The number of hydrogen-bond acceptors (Lipinski definition) is 7. The Kier molecular flexibility index (Phi) is 6.18. The maximum atomic E-state index is 12.9. The molecule has 0 spiro atoms. The van der Waals surface area contributed by atoms with E-state index in [0.717, 1.165) is 11.1 Å². The molecular formula is C25H26N4O5. The van der Waals surface area contributed by atoms with Gasteiger partial charge in [-0.25, -0.2) is 0 Å². The molecule has 176 valence electrons.